The Labute approximate surface area is 227 Å². The van der Waals surface area contributed by atoms with Gasteiger partial charge in [-0.1, -0.05) is 29.8 Å². The first kappa shape index (κ1) is 27.7. The second-order valence-electron chi connectivity index (χ2n) is 8.91. The molecular weight excluding hydrogens is 538 g/mol. The lowest BCUT2D eigenvalue weighted by molar-refractivity contribution is 0.102. The van der Waals surface area contributed by atoms with E-state index in [1.807, 2.05) is 31.2 Å². The van der Waals surface area contributed by atoms with Crippen molar-refractivity contribution in [3.05, 3.63) is 107 Å². The van der Waals surface area contributed by atoms with Crippen molar-refractivity contribution in [2.75, 3.05) is 20.6 Å². The Bertz CT molecular complexity index is 1690. The molecule has 0 aliphatic rings. The summed E-state index contributed by atoms with van der Waals surface area (Å²) < 4.78 is 53.8. The number of amides is 1. The van der Waals surface area contributed by atoms with Crippen LogP contribution in [-0.2, 0) is 26.6 Å². The highest BCUT2D eigenvalue weighted by Gasteiger charge is 2.19. The van der Waals surface area contributed by atoms with Crippen LogP contribution in [0.3, 0.4) is 0 Å². The third-order valence-electron chi connectivity index (χ3n) is 5.71. The quantitative estimate of drug-likeness (QED) is 0.311. The van der Waals surface area contributed by atoms with Crippen LogP contribution >= 0.6 is 0 Å². The molecule has 0 saturated carbocycles. The minimum atomic E-state index is -3.92. The van der Waals surface area contributed by atoms with Gasteiger partial charge in [0.05, 0.1) is 23.4 Å². The molecule has 39 heavy (non-hydrogen) atoms. The number of nitrogens with zero attached hydrogens (tertiary/aromatic N) is 3. The Morgan fingerprint density at radius 2 is 1.49 bits per heavy atom. The zero-order chi connectivity index (χ0) is 28.2. The molecule has 0 bridgehead atoms. The van der Waals surface area contributed by atoms with Gasteiger partial charge in [-0.05, 0) is 74.0 Å². The van der Waals surface area contributed by atoms with Gasteiger partial charge in [0, 0.05) is 23.1 Å². The molecular formula is C27H27N5O5S2. The smallest absolute Gasteiger partial charge is 0.264 e. The summed E-state index contributed by atoms with van der Waals surface area (Å²) in [4.78, 5) is 20.7. The number of hydrogen-bond donors (Lipinski definition) is 2. The molecule has 12 heteroatoms. The number of carbonyl (C=O) groups is 1. The zero-order valence-electron chi connectivity index (χ0n) is 21.5. The van der Waals surface area contributed by atoms with Crippen molar-refractivity contribution in [1.29, 1.82) is 0 Å². The van der Waals surface area contributed by atoms with Crippen LogP contribution < -0.4 is 14.3 Å². The lowest BCUT2D eigenvalue weighted by atomic mass is 10.1. The van der Waals surface area contributed by atoms with Gasteiger partial charge >= 0.3 is 0 Å². The van der Waals surface area contributed by atoms with Crippen molar-refractivity contribution < 1.29 is 21.6 Å². The third kappa shape index (κ3) is 7.18. The molecule has 4 rings (SSSR count). The van der Waals surface area contributed by atoms with Gasteiger partial charge < -0.3 is 5.32 Å². The summed E-state index contributed by atoms with van der Waals surface area (Å²) in [6, 6.07) is 21.1. The highest BCUT2D eigenvalue weighted by Crippen LogP contribution is 2.23. The Kier molecular flexibility index (Phi) is 7.98. The maximum absolute atomic E-state index is 12.8. The van der Waals surface area contributed by atoms with E-state index in [9.17, 15) is 21.6 Å². The van der Waals surface area contributed by atoms with Crippen LogP contribution in [0.5, 0.6) is 0 Å². The van der Waals surface area contributed by atoms with Gasteiger partial charge in [-0.15, -0.1) is 0 Å². The number of nitrogens with one attached hydrogen (secondary N) is 2. The Hall–Kier alpha value is -4.29. The molecule has 1 amide bonds. The van der Waals surface area contributed by atoms with E-state index >= 15 is 0 Å². The van der Waals surface area contributed by atoms with E-state index in [2.05, 4.69) is 20.0 Å². The van der Waals surface area contributed by atoms with Crippen molar-refractivity contribution in [3.63, 3.8) is 0 Å². The molecule has 0 fully saturated rings. The average molecular weight is 566 g/mol. The average Bonchev–Trinajstić information content (AvgIpc) is 2.88. The van der Waals surface area contributed by atoms with Gasteiger partial charge in [0.1, 0.15) is 0 Å². The molecule has 0 radical (unpaired) electrons. The Morgan fingerprint density at radius 1 is 0.846 bits per heavy atom. The van der Waals surface area contributed by atoms with Crippen LogP contribution in [0.15, 0.2) is 90.0 Å². The second-order valence-corrected chi connectivity index (χ2v) is 12.5. The van der Waals surface area contributed by atoms with Crippen LogP contribution in [0.4, 0.5) is 17.3 Å². The first-order chi connectivity index (χ1) is 18.4. The molecule has 0 saturated heterocycles. The number of rotatable bonds is 9. The fourth-order valence-electron chi connectivity index (χ4n) is 3.64. The SMILES string of the molecule is Cc1ccc(CN(c2ccc(C(=O)Nc3ccc(S(=O)(=O)Nc4nccc(C)n4)cc3)cc2)S(C)(=O)=O)cc1. The van der Waals surface area contributed by atoms with Crippen LogP contribution in [0.25, 0.3) is 0 Å². The number of sulfonamides is 2. The number of anilines is 3. The van der Waals surface area contributed by atoms with Crippen LogP contribution in [-0.4, -0.2) is 39.0 Å². The van der Waals surface area contributed by atoms with Crippen LogP contribution in [0, 0.1) is 13.8 Å². The van der Waals surface area contributed by atoms with Gasteiger partial charge in [0.2, 0.25) is 16.0 Å². The number of aromatic nitrogens is 2. The van der Waals surface area contributed by atoms with Crippen molar-refractivity contribution in [2.45, 2.75) is 25.3 Å². The Balaban J connectivity index is 1.44. The van der Waals surface area contributed by atoms with Gasteiger partial charge in [-0.2, -0.15) is 0 Å². The molecule has 3 aromatic carbocycles. The summed E-state index contributed by atoms with van der Waals surface area (Å²) in [7, 11) is -7.49. The van der Waals surface area contributed by atoms with E-state index in [0.717, 1.165) is 17.4 Å². The molecule has 1 heterocycles. The summed E-state index contributed by atoms with van der Waals surface area (Å²) in [5, 5.41) is 2.71. The lowest BCUT2D eigenvalue weighted by Crippen LogP contribution is -2.29. The fourth-order valence-corrected chi connectivity index (χ4v) is 5.48. The van der Waals surface area contributed by atoms with E-state index < -0.39 is 26.0 Å². The number of aryl methyl sites for hydroxylation is 2. The minimum Gasteiger partial charge on any atom is -0.322 e. The zero-order valence-corrected chi connectivity index (χ0v) is 23.1. The van der Waals surface area contributed by atoms with Gasteiger partial charge in [0.15, 0.2) is 0 Å². The van der Waals surface area contributed by atoms with E-state index in [0.29, 0.717) is 22.6 Å². The maximum Gasteiger partial charge on any atom is 0.264 e. The molecule has 1 aromatic heterocycles. The largest absolute Gasteiger partial charge is 0.322 e. The van der Waals surface area contributed by atoms with Crippen LogP contribution in [0.1, 0.15) is 27.2 Å². The third-order valence-corrected chi connectivity index (χ3v) is 8.19. The van der Waals surface area contributed by atoms with Crippen molar-refractivity contribution in [3.8, 4) is 0 Å². The molecule has 10 nitrogen and oxygen atoms in total. The summed E-state index contributed by atoms with van der Waals surface area (Å²) in [6.07, 6.45) is 2.59. The molecule has 0 aliphatic heterocycles. The summed E-state index contributed by atoms with van der Waals surface area (Å²) in [5.74, 6) is -0.475. The highest BCUT2D eigenvalue weighted by molar-refractivity contribution is 7.92. The number of carbonyl (C=O) groups excluding carboxylic acids is 1. The Morgan fingerprint density at radius 3 is 2.08 bits per heavy atom. The molecule has 2 N–H and O–H groups in total. The van der Waals surface area contributed by atoms with E-state index in [1.165, 1.54) is 46.9 Å². The van der Waals surface area contributed by atoms with Gasteiger partial charge in [-0.25, -0.2) is 31.5 Å². The summed E-state index contributed by atoms with van der Waals surface area (Å²) in [5.41, 5.74) is 3.63. The molecule has 0 unspecified atom stereocenters. The predicted molar refractivity (Wildman–Crippen MR) is 151 cm³/mol. The second kappa shape index (κ2) is 11.2. The summed E-state index contributed by atoms with van der Waals surface area (Å²) >= 11 is 0. The van der Waals surface area contributed by atoms with E-state index in [4.69, 9.17) is 0 Å². The van der Waals surface area contributed by atoms with Crippen LogP contribution in [0.2, 0.25) is 0 Å². The summed E-state index contributed by atoms with van der Waals surface area (Å²) in [6.45, 7) is 3.83. The highest BCUT2D eigenvalue weighted by atomic mass is 32.2. The first-order valence-electron chi connectivity index (χ1n) is 11.8. The maximum atomic E-state index is 12.8. The van der Waals surface area contributed by atoms with Crippen molar-refractivity contribution in [1.82, 2.24) is 9.97 Å². The van der Waals surface area contributed by atoms with Gasteiger partial charge in [0.25, 0.3) is 15.9 Å². The molecule has 0 aliphatic carbocycles. The predicted octanol–water partition coefficient (Wildman–Crippen LogP) is 4.11. The topological polar surface area (TPSA) is 138 Å². The number of hydrogen-bond acceptors (Lipinski definition) is 7. The van der Waals surface area contributed by atoms with E-state index in [1.54, 1.807) is 25.1 Å². The fraction of sp³-hybridized carbons (Fsp3) is 0.148. The lowest BCUT2D eigenvalue weighted by Gasteiger charge is -2.23. The normalized spacial score (nSPS) is 11.6. The minimum absolute atomic E-state index is 0.0237. The van der Waals surface area contributed by atoms with E-state index in [-0.39, 0.29) is 17.4 Å². The first-order valence-corrected chi connectivity index (χ1v) is 15.1. The monoisotopic (exact) mass is 565 g/mol. The van der Waals surface area contributed by atoms with Crippen molar-refractivity contribution in [2.24, 2.45) is 0 Å². The molecule has 0 spiro atoms. The molecule has 4 aromatic rings. The standard InChI is InChI=1S/C27H27N5O5S2/c1-19-4-6-21(7-5-19)18-32(38(3,34)35)24-12-8-22(9-13-24)26(33)30-23-10-14-25(15-11-23)39(36,37)31-27-28-17-16-20(2)29-27/h4-17H,18H2,1-3H3,(H,30,33)(H,28,29,31). The van der Waals surface area contributed by atoms with Gasteiger partial charge in [-0.3, -0.25) is 9.10 Å². The molecule has 0 atom stereocenters. The van der Waals surface area contributed by atoms with Crippen molar-refractivity contribution >= 4 is 43.3 Å². The number of benzene rings is 3. The molecule has 202 valence electrons.